The van der Waals surface area contributed by atoms with Crippen LogP contribution < -0.4 is 4.74 Å². The zero-order valence-electron chi connectivity index (χ0n) is 7.86. The number of hydrogen-bond donors (Lipinski definition) is 0. The van der Waals surface area contributed by atoms with E-state index in [9.17, 15) is 26.3 Å². The molecule has 0 saturated heterocycles. The van der Waals surface area contributed by atoms with Crippen molar-refractivity contribution >= 4 is 0 Å². The van der Waals surface area contributed by atoms with Gasteiger partial charge < -0.3 is 4.74 Å². The molecule has 0 radical (unpaired) electrons. The molecule has 0 spiro atoms. The minimum absolute atomic E-state index is 0.502. The van der Waals surface area contributed by atoms with Crippen molar-refractivity contribution in [3.63, 3.8) is 0 Å². The highest BCUT2D eigenvalue weighted by molar-refractivity contribution is 5.50. The average molecular weight is 255 g/mol. The number of alkyl halides is 6. The third-order valence-electron chi connectivity index (χ3n) is 1.67. The van der Waals surface area contributed by atoms with Crippen molar-refractivity contribution in [2.24, 2.45) is 0 Å². The molecule has 2 nitrogen and oxygen atoms in total. The summed E-state index contributed by atoms with van der Waals surface area (Å²) in [6.45, 7) is 0. The molecule has 17 heavy (non-hydrogen) atoms. The molecule has 0 aliphatic carbocycles. The maximum Gasteiger partial charge on any atom is 0.573 e. The topological polar surface area (TPSA) is 33.0 Å². The van der Waals surface area contributed by atoms with Crippen LogP contribution in [0, 0.1) is 11.3 Å². The molecule has 0 unspecified atom stereocenters. The van der Waals surface area contributed by atoms with Gasteiger partial charge in [0.1, 0.15) is 17.4 Å². The maximum absolute atomic E-state index is 12.4. The maximum atomic E-state index is 12.4. The summed E-state index contributed by atoms with van der Waals surface area (Å²) in [5.41, 5.74) is -2.67. The van der Waals surface area contributed by atoms with Gasteiger partial charge in [0.05, 0.1) is 5.56 Å². The van der Waals surface area contributed by atoms with Crippen LogP contribution in [-0.2, 0) is 6.18 Å². The molecule has 0 saturated carbocycles. The summed E-state index contributed by atoms with van der Waals surface area (Å²) in [6.07, 6.45) is -10.1. The molecule has 0 heterocycles. The van der Waals surface area contributed by atoms with Gasteiger partial charge in [0.2, 0.25) is 0 Å². The van der Waals surface area contributed by atoms with E-state index >= 15 is 0 Å². The van der Waals surface area contributed by atoms with Gasteiger partial charge in [0, 0.05) is 0 Å². The predicted molar refractivity (Wildman–Crippen MR) is 42.8 cm³/mol. The first-order chi connectivity index (χ1) is 7.65. The van der Waals surface area contributed by atoms with Crippen molar-refractivity contribution in [3.8, 4) is 11.8 Å². The third-order valence-corrected chi connectivity index (χ3v) is 1.67. The molecule has 0 aliphatic heterocycles. The second-order valence-electron chi connectivity index (χ2n) is 2.84. The minimum atomic E-state index is -5.16. The Hall–Kier alpha value is -1.91. The Morgan fingerprint density at radius 2 is 1.65 bits per heavy atom. The zero-order chi connectivity index (χ0) is 13.3. The van der Waals surface area contributed by atoms with Crippen molar-refractivity contribution in [2.45, 2.75) is 12.5 Å². The van der Waals surface area contributed by atoms with E-state index in [1.165, 1.54) is 0 Å². The van der Waals surface area contributed by atoms with Gasteiger partial charge in [0.25, 0.3) is 0 Å². The molecule has 92 valence electrons. The standard InChI is InChI=1S/C9H3F6NO/c10-8(11,12)6-2-1-3-7(5(6)4-16)17-9(13,14)15/h1-3H. The molecule has 0 atom stereocenters. The van der Waals surface area contributed by atoms with Crippen LogP contribution in [0.3, 0.4) is 0 Å². The minimum Gasteiger partial charge on any atom is -0.404 e. The van der Waals surface area contributed by atoms with E-state index < -0.39 is 29.4 Å². The summed E-state index contributed by atoms with van der Waals surface area (Å²) in [4.78, 5) is 0. The van der Waals surface area contributed by atoms with Crippen molar-refractivity contribution < 1.29 is 31.1 Å². The van der Waals surface area contributed by atoms with E-state index in [0.717, 1.165) is 12.1 Å². The van der Waals surface area contributed by atoms with E-state index in [2.05, 4.69) is 4.74 Å². The molecule has 1 rings (SSSR count). The zero-order valence-corrected chi connectivity index (χ0v) is 7.86. The van der Waals surface area contributed by atoms with E-state index in [4.69, 9.17) is 5.26 Å². The number of hydrogen-bond acceptors (Lipinski definition) is 2. The van der Waals surface area contributed by atoms with Crippen LogP contribution in [0.1, 0.15) is 11.1 Å². The number of halogens is 6. The second kappa shape index (κ2) is 4.16. The molecule has 1 aromatic rings. The Morgan fingerprint density at radius 3 is 2.06 bits per heavy atom. The summed E-state index contributed by atoms with van der Waals surface area (Å²) < 4.78 is 76.0. The smallest absolute Gasteiger partial charge is 0.404 e. The number of benzene rings is 1. The Morgan fingerprint density at radius 1 is 1.06 bits per heavy atom. The van der Waals surface area contributed by atoms with Crippen molar-refractivity contribution in [1.82, 2.24) is 0 Å². The lowest BCUT2D eigenvalue weighted by molar-refractivity contribution is -0.274. The SMILES string of the molecule is N#Cc1c(OC(F)(F)F)cccc1C(F)(F)F. The molecule has 0 N–H and O–H groups in total. The highest BCUT2D eigenvalue weighted by Gasteiger charge is 2.38. The van der Waals surface area contributed by atoms with E-state index in [1.54, 1.807) is 0 Å². The summed E-state index contributed by atoms with van der Waals surface area (Å²) in [5.74, 6) is -1.17. The van der Waals surface area contributed by atoms with Crippen molar-refractivity contribution in [3.05, 3.63) is 29.3 Å². The lowest BCUT2D eigenvalue weighted by Crippen LogP contribution is -2.19. The number of ether oxygens (including phenoxy) is 1. The normalized spacial score (nSPS) is 12.1. The highest BCUT2D eigenvalue weighted by atomic mass is 19.4. The van der Waals surface area contributed by atoms with E-state index in [1.807, 2.05) is 0 Å². The Labute approximate surface area is 91.0 Å². The molecule has 1 aromatic carbocycles. The van der Waals surface area contributed by atoms with Gasteiger partial charge in [-0.1, -0.05) is 6.07 Å². The second-order valence-corrected chi connectivity index (χ2v) is 2.84. The van der Waals surface area contributed by atoms with Gasteiger partial charge in [-0.05, 0) is 12.1 Å². The molecule has 0 aromatic heterocycles. The summed E-state index contributed by atoms with van der Waals surface area (Å²) in [7, 11) is 0. The van der Waals surface area contributed by atoms with Gasteiger partial charge in [-0.3, -0.25) is 0 Å². The van der Waals surface area contributed by atoms with Crippen molar-refractivity contribution in [1.29, 1.82) is 5.26 Å². The Kier molecular flexibility index (Phi) is 3.22. The first-order valence-corrected chi connectivity index (χ1v) is 4.01. The lowest BCUT2D eigenvalue weighted by atomic mass is 10.1. The summed E-state index contributed by atoms with van der Waals surface area (Å²) in [5, 5.41) is 8.46. The molecule has 0 aliphatic rings. The molecule has 0 fully saturated rings. The lowest BCUT2D eigenvalue weighted by Gasteiger charge is -2.14. The van der Waals surface area contributed by atoms with Crippen LogP contribution in [0.25, 0.3) is 0 Å². The van der Waals surface area contributed by atoms with Crippen LogP contribution in [0.15, 0.2) is 18.2 Å². The monoisotopic (exact) mass is 255 g/mol. The summed E-state index contributed by atoms with van der Waals surface area (Å²) in [6, 6.07) is 2.92. The third kappa shape index (κ3) is 3.27. The van der Waals surface area contributed by atoms with Crippen LogP contribution >= 0.6 is 0 Å². The highest BCUT2D eigenvalue weighted by Crippen LogP contribution is 2.37. The van der Waals surface area contributed by atoms with Crippen LogP contribution in [-0.4, -0.2) is 6.36 Å². The fourth-order valence-corrected chi connectivity index (χ4v) is 1.09. The Bertz CT molecular complexity index is 456. The number of rotatable bonds is 1. The molecular formula is C9H3F6NO. The van der Waals surface area contributed by atoms with E-state index in [0.29, 0.717) is 12.1 Å². The fourth-order valence-electron chi connectivity index (χ4n) is 1.09. The van der Waals surface area contributed by atoms with Gasteiger partial charge in [-0.15, -0.1) is 13.2 Å². The molecule has 0 bridgehead atoms. The van der Waals surface area contributed by atoms with Crippen LogP contribution in [0.4, 0.5) is 26.3 Å². The van der Waals surface area contributed by atoms with Crippen molar-refractivity contribution in [2.75, 3.05) is 0 Å². The molecule has 0 amide bonds. The predicted octanol–water partition coefficient (Wildman–Crippen LogP) is 3.48. The van der Waals surface area contributed by atoms with Gasteiger partial charge in [0.15, 0.2) is 0 Å². The largest absolute Gasteiger partial charge is 0.573 e. The summed E-state index contributed by atoms with van der Waals surface area (Å²) >= 11 is 0. The van der Waals surface area contributed by atoms with Crippen LogP contribution in [0.2, 0.25) is 0 Å². The quantitative estimate of drug-likeness (QED) is 0.720. The van der Waals surface area contributed by atoms with E-state index in [-0.39, 0.29) is 0 Å². The van der Waals surface area contributed by atoms with Gasteiger partial charge in [-0.25, -0.2) is 0 Å². The first-order valence-electron chi connectivity index (χ1n) is 4.01. The Balaban J connectivity index is 3.31. The van der Waals surface area contributed by atoms with Gasteiger partial charge >= 0.3 is 12.5 Å². The molecular weight excluding hydrogens is 252 g/mol. The first kappa shape index (κ1) is 13.2. The number of nitriles is 1. The fraction of sp³-hybridized carbons (Fsp3) is 0.222. The van der Waals surface area contributed by atoms with Gasteiger partial charge in [-0.2, -0.15) is 18.4 Å². The van der Waals surface area contributed by atoms with Crippen LogP contribution in [0.5, 0.6) is 5.75 Å². The average Bonchev–Trinajstić information content (AvgIpc) is 2.13. The number of nitrogens with zero attached hydrogens (tertiary/aromatic N) is 1. The molecule has 8 heteroatoms.